The highest BCUT2D eigenvalue weighted by Crippen LogP contribution is 2.45. The van der Waals surface area contributed by atoms with Crippen molar-refractivity contribution < 1.29 is 32.6 Å². The van der Waals surface area contributed by atoms with Crippen LogP contribution >= 0.6 is 0 Å². The number of aliphatic hydroxyl groups is 1. The van der Waals surface area contributed by atoms with Crippen LogP contribution in [-0.2, 0) is 29.1 Å². The first-order chi connectivity index (χ1) is 21.7. The zero-order valence-corrected chi connectivity index (χ0v) is 26.5. The molecule has 0 bridgehead atoms. The molecule has 2 aromatic carbocycles. The first kappa shape index (κ1) is 34.1. The van der Waals surface area contributed by atoms with Crippen molar-refractivity contribution in [1.29, 1.82) is 0 Å². The van der Waals surface area contributed by atoms with E-state index in [4.69, 9.17) is 10.6 Å². The van der Waals surface area contributed by atoms with Crippen molar-refractivity contribution in [2.75, 3.05) is 45.9 Å². The van der Waals surface area contributed by atoms with Crippen molar-refractivity contribution in [2.24, 2.45) is 28.7 Å². The van der Waals surface area contributed by atoms with Gasteiger partial charge >= 0.3 is 5.97 Å². The number of nitrogens with two attached hydrogens (primary N) is 1. The van der Waals surface area contributed by atoms with Gasteiger partial charge in [0.05, 0.1) is 30.4 Å². The third-order valence-corrected chi connectivity index (χ3v) is 9.84. The Hall–Kier alpha value is -3.75. The highest BCUT2D eigenvalue weighted by Gasteiger charge is 2.57. The Morgan fingerprint density at radius 1 is 1.18 bits per heavy atom. The van der Waals surface area contributed by atoms with Gasteiger partial charge in [0.1, 0.15) is 6.34 Å². The summed E-state index contributed by atoms with van der Waals surface area (Å²) in [6.07, 6.45) is 3.75. The van der Waals surface area contributed by atoms with E-state index in [9.17, 15) is 27.9 Å². The zero-order valence-electron chi connectivity index (χ0n) is 25.6. The lowest BCUT2D eigenvalue weighted by Crippen LogP contribution is -2.44. The number of hydrazone groups is 1. The maximum Gasteiger partial charge on any atom is 0.307 e. The molecule has 1 heterocycles. The van der Waals surface area contributed by atoms with Crippen molar-refractivity contribution in [1.82, 2.24) is 19.8 Å². The molecule has 2 aliphatic rings. The normalized spacial score (nSPS) is 21.5. The largest absolute Gasteiger partial charge is 0.466 e. The van der Waals surface area contributed by atoms with Gasteiger partial charge in [0.2, 0.25) is 21.8 Å². The van der Waals surface area contributed by atoms with Crippen LogP contribution in [0.2, 0.25) is 0 Å². The molecule has 2 fully saturated rings. The molecular formula is C31H44N6O7S. The third-order valence-electron chi connectivity index (χ3n) is 8.38. The fourth-order valence-corrected chi connectivity index (χ4v) is 7.46. The van der Waals surface area contributed by atoms with Gasteiger partial charge in [-0.15, -0.1) is 0 Å². The second-order valence-electron chi connectivity index (χ2n) is 11.6. The summed E-state index contributed by atoms with van der Waals surface area (Å²) in [5.41, 5.74) is 0. The monoisotopic (exact) mass is 644 g/mol. The molecule has 1 saturated heterocycles. The molecule has 5 N–H and O–H groups in total. The van der Waals surface area contributed by atoms with Crippen LogP contribution in [0.3, 0.4) is 0 Å². The van der Waals surface area contributed by atoms with Crippen LogP contribution in [0.1, 0.15) is 39.0 Å². The maximum atomic E-state index is 13.9. The molecule has 1 saturated carbocycles. The standard InChI is InChI=1S/C31H44N6O7S/c1-2-44-28(40)13-14-33-27(39)12-11-26-29(31(41)37(16-17-38)20-22-6-5-15-36(19-22)21-34-32)30(26)35-45(42,43)25-10-9-23-7-3-4-8-24(23)18-25/h3-4,7-10,18,21-22,26,29-30,35,38H,2,5-6,11-17,19-20,32H2,1H3,(H,33,39)/t22-,26?,29+,30+/m1/s1. The SMILES string of the molecule is CCOC(=O)CCNC(=O)CCC1[C@H](NS(=O)(=O)c2ccc3ccccc3c2)[C@H]1C(=O)N(CCO)C[C@@H]1CCCN(C=NN)C1. The number of likely N-dealkylation sites (tertiary alicyclic amines) is 1. The first-order valence-corrected chi connectivity index (χ1v) is 17.0. The average molecular weight is 645 g/mol. The lowest BCUT2D eigenvalue weighted by molar-refractivity contribution is -0.143. The Balaban J connectivity index is 1.47. The molecular weight excluding hydrogens is 600 g/mol. The topological polar surface area (TPSA) is 184 Å². The van der Waals surface area contributed by atoms with Gasteiger partial charge < -0.3 is 30.8 Å². The van der Waals surface area contributed by atoms with E-state index in [1.165, 1.54) is 6.07 Å². The second-order valence-corrected chi connectivity index (χ2v) is 13.3. The summed E-state index contributed by atoms with van der Waals surface area (Å²) < 4.78 is 34.7. The number of rotatable bonds is 16. The van der Waals surface area contributed by atoms with E-state index in [2.05, 4.69) is 15.1 Å². The number of ether oxygens (including phenoxy) is 1. The number of amides is 2. The number of nitrogens with zero attached hydrogens (tertiary/aromatic N) is 3. The summed E-state index contributed by atoms with van der Waals surface area (Å²) in [4.78, 5) is 41.7. The summed E-state index contributed by atoms with van der Waals surface area (Å²) >= 11 is 0. The van der Waals surface area contributed by atoms with Crippen molar-refractivity contribution in [3.8, 4) is 0 Å². The average Bonchev–Trinajstić information content (AvgIpc) is 3.70. The summed E-state index contributed by atoms with van der Waals surface area (Å²) in [6.45, 7) is 3.84. The van der Waals surface area contributed by atoms with E-state index in [-0.39, 0.29) is 68.2 Å². The van der Waals surface area contributed by atoms with E-state index in [0.717, 1.165) is 30.2 Å². The predicted octanol–water partition coefficient (Wildman–Crippen LogP) is 1.02. The maximum absolute atomic E-state index is 13.9. The van der Waals surface area contributed by atoms with Crippen molar-refractivity contribution in [3.63, 3.8) is 0 Å². The smallest absolute Gasteiger partial charge is 0.307 e. The van der Waals surface area contributed by atoms with Crippen LogP contribution in [-0.4, -0.2) is 99.4 Å². The fraction of sp³-hybridized carbons (Fsp3) is 0.548. The highest BCUT2D eigenvalue weighted by molar-refractivity contribution is 7.89. The van der Waals surface area contributed by atoms with Gasteiger partial charge in [-0.1, -0.05) is 30.3 Å². The molecule has 246 valence electrons. The Kier molecular flexibility index (Phi) is 12.1. The van der Waals surface area contributed by atoms with Crippen molar-refractivity contribution in [2.45, 2.75) is 50.0 Å². The minimum absolute atomic E-state index is 0.0458. The molecule has 2 amide bonds. The van der Waals surface area contributed by atoms with E-state index < -0.39 is 33.9 Å². The lowest BCUT2D eigenvalue weighted by Gasteiger charge is -2.34. The van der Waals surface area contributed by atoms with E-state index in [1.54, 1.807) is 30.3 Å². The number of piperidine rings is 1. The van der Waals surface area contributed by atoms with Gasteiger partial charge in [-0.25, -0.2) is 13.1 Å². The van der Waals surface area contributed by atoms with E-state index >= 15 is 0 Å². The first-order valence-electron chi connectivity index (χ1n) is 15.5. The molecule has 0 spiro atoms. The summed E-state index contributed by atoms with van der Waals surface area (Å²) in [5, 5.41) is 17.8. The number of hydrogen-bond acceptors (Lipinski definition) is 9. The number of sulfonamides is 1. The molecule has 4 atom stereocenters. The predicted molar refractivity (Wildman–Crippen MR) is 169 cm³/mol. The molecule has 4 rings (SSSR count). The molecule has 1 aliphatic carbocycles. The van der Waals surface area contributed by atoms with Crippen LogP contribution in [0.25, 0.3) is 10.8 Å². The molecule has 1 unspecified atom stereocenters. The zero-order chi connectivity index (χ0) is 32.4. The van der Waals surface area contributed by atoms with Crippen molar-refractivity contribution >= 4 is 44.9 Å². The quantitative estimate of drug-likeness (QED) is 0.0681. The number of fused-ring (bicyclic) bond motifs is 1. The van der Waals surface area contributed by atoms with Gasteiger partial charge in [0, 0.05) is 45.2 Å². The summed E-state index contributed by atoms with van der Waals surface area (Å²) in [6, 6.07) is 11.6. The molecule has 2 aromatic rings. The minimum atomic E-state index is -3.99. The summed E-state index contributed by atoms with van der Waals surface area (Å²) in [7, 11) is -3.99. The molecule has 13 nitrogen and oxygen atoms in total. The number of hydrogen-bond donors (Lipinski definition) is 4. The van der Waals surface area contributed by atoms with Crippen LogP contribution < -0.4 is 15.9 Å². The Morgan fingerprint density at radius 2 is 1.96 bits per heavy atom. The highest BCUT2D eigenvalue weighted by atomic mass is 32.2. The van der Waals surface area contributed by atoms with Crippen LogP contribution in [0.15, 0.2) is 52.5 Å². The number of carbonyl (C=O) groups excluding carboxylic acids is 3. The lowest BCUT2D eigenvalue weighted by atomic mass is 9.97. The third kappa shape index (κ3) is 9.38. The van der Waals surface area contributed by atoms with Crippen LogP contribution in [0, 0.1) is 17.8 Å². The molecule has 1 aliphatic heterocycles. The van der Waals surface area contributed by atoms with Gasteiger partial charge in [0.15, 0.2) is 0 Å². The fourth-order valence-electron chi connectivity index (χ4n) is 6.12. The molecule has 0 aromatic heterocycles. The number of aliphatic hydroxyl groups excluding tert-OH is 1. The van der Waals surface area contributed by atoms with Gasteiger partial charge in [-0.05, 0) is 60.9 Å². The van der Waals surface area contributed by atoms with Crippen molar-refractivity contribution in [3.05, 3.63) is 42.5 Å². The molecule has 14 heteroatoms. The van der Waals surface area contributed by atoms with Crippen LogP contribution in [0.5, 0.6) is 0 Å². The van der Waals surface area contributed by atoms with Gasteiger partial charge in [-0.2, -0.15) is 5.10 Å². The number of carbonyl (C=O) groups is 3. The van der Waals surface area contributed by atoms with E-state index in [0.29, 0.717) is 13.1 Å². The van der Waals surface area contributed by atoms with Gasteiger partial charge in [-0.3, -0.25) is 14.4 Å². The number of benzene rings is 2. The van der Waals surface area contributed by atoms with Crippen LogP contribution in [0.4, 0.5) is 0 Å². The summed E-state index contributed by atoms with van der Waals surface area (Å²) in [5.74, 6) is 3.38. The second kappa shape index (κ2) is 16.0. The Bertz CT molecular complexity index is 1470. The molecule has 0 radical (unpaired) electrons. The number of esters is 1. The molecule has 45 heavy (non-hydrogen) atoms. The van der Waals surface area contributed by atoms with E-state index in [1.807, 2.05) is 29.2 Å². The number of nitrogens with one attached hydrogen (secondary N) is 2. The van der Waals surface area contributed by atoms with Gasteiger partial charge in [0.25, 0.3) is 0 Å². The Morgan fingerprint density at radius 3 is 2.69 bits per heavy atom. The Labute approximate surface area is 264 Å². The minimum Gasteiger partial charge on any atom is -0.466 e.